The summed E-state index contributed by atoms with van der Waals surface area (Å²) in [6, 6.07) is 12.0. The lowest BCUT2D eigenvalue weighted by Crippen LogP contribution is -2.23. The molecule has 138 valence electrons. The van der Waals surface area contributed by atoms with Gasteiger partial charge in [-0.25, -0.2) is 9.18 Å². The summed E-state index contributed by atoms with van der Waals surface area (Å²) in [5.41, 5.74) is 10.8. The molecule has 0 saturated carbocycles. The quantitative estimate of drug-likeness (QED) is 0.581. The fourth-order valence-corrected chi connectivity index (χ4v) is 3.49. The average Bonchev–Trinajstić information content (AvgIpc) is 3.14. The number of nitrogens with two attached hydrogens (primary N) is 1. The minimum absolute atomic E-state index is 0.0563. The molecule has 2 heterocycles. The van der Waals surface area contributed by atoms with Crippen molar-refractivity contribution in [3.8, 4) is 22.4 Å². The van der Waals surface area contributed by atoms with Crippen LogP contribution in [-0.2, 0) is 7.05 Å². The molecule has 0 amide bonds. The summed E-state index contributed by atoms with van der Waals surface area (Å²) in [6.07, 6.45) is 0. The first-order valence-electron chi connectivity index (χ1n) is 8.69. The van der Waals surface area contributed by atoms with Crippen LogP contribution in [0, 0.1) is 5.82 Å². The first kappa shape index (κ1) is 17.1. The van der Waals surface area contributed by atoms with Gasteiger partial charge in [0.05, 0.1) is 22.3 Å². The summed E-state index contributed by atoms with van der Waals surface area (Å²) in [5.74, 6) is 0.0428. The zero-order valence-electron chi connectivity index (χ0n) is 15.3. The van der Waals surface area contributed by atoms with E-state index in [1.165, 1.54) is 12.1 Å². The van der Waals surface area contributed by atoms with Crippen LogP contribution in [0.5, 0.6) is 0 Å². The molecule has 0 aliphatic rings. The maximum atomic E-state index is 13.3. The highest BCUT2D eigenvalue weighted by molar-refractivity contribution is 5.92. The molecule has 3 N–H and O–H groups in total. The first-order valence-corrected chi connectivity index (χ1v) is 8.69. The number of hydrogen-bond acceptors (Lipinski definition) is 3. The number of halogens is 1. The summed E-state index contributed by atoms with van der Waals surface area (Å²) in [4.78, 5) is 12.6. The van der Waals surface area contributed by atoms with Gasteiger partial charge >= 0.3 is 5.69 Å². The van der Waals surface area contributed by atoms with Crippen molar-refractivity contribution < 1.29 is 4.39 Å². The number of nitrogen functional groups attached to an aromatic ring is 1. The van der Waals surface area contributed by atoms with Gasteiger partial charge in [-0.2, -0.15) is 5.10 Å². The zero-order chi connectivity index (χ0) is 19.3. The van der Waals surface area contributed by atoms with E-state index in [2.05, 4.69) is 10.2 Å². The number of fused-ring (bicyclic) bond motifs is 1. The Kier molecular flexibility index (Phi) is 3.87. The minimum Gasteiger partial charge on any atom is -0.382 e. The molecule has 27 heavy (non-hydrogen) atoms. The van der Waals surface area contributed by atoms with Crippen molar-refractivity contribution in [2.45, 2.75) is 19.9 Å². The number of hydrogen-bond donors (Lipinski definition) is 2. The lowest BCUT2D eigenvalue weighted by molar-refractivity contribution is 0.583. The molecule has 4 aromatic rings. The molecule has 0 saturated heterocycles. The van der Waals surface area contributed by atoms with Crippen LogP contribution in [0.4, 0.5) is 10.2 Å². The first-order chi connectivity index (χ1) is 12.9. The van der Waals surface area contributed by atoms with E-state index in [9.17, 15) is 9.18 Å². The maximum Gasteiger partial charge on any atom is 0.329 e. The van der Waals surface area contributed by atoms with E-state index in [1.54, 1.807) is 28.3 Å². The monoisotopic (exact) mass is 365 g/mol. The van der Waals surface area contributed by atoms with Gasteiger partial charge in [0.2, 0.25) is 0 Å². The van der Waals surface area contributed by atoms with Gasteiger partial charge in [-0.05, 0) is 55.8 Å². The molecule has 0 aliphatic carbocycles. The minimum atomic E-state index is -0.306. The van der Waals surface area contributed by atoms with Crippen LogP contribution >= 0.6 is 0 Å². The van der Waals surface area contributed by atoms with Crippen molar-refractivity contribution in [2.24, 2.45) is 7.05 Å². The van der Waals surface area contributed by atoms with Gasteiger partial charge in [0.25, 0.3) is 0 Å². The normalized spacial score (nSPS) is 11.6. The summed E-state index contributed by atoms with van der Waals surface area (Å²) < 4.78 is 16.7. The van der Waals surface area contributed by atoms with Crippen LogP contribution in [0.25, 0.3) is 33.4 Å². The van der Waals surface area contributed by atoms with Gasteiger partial charge in [-0.1, -0.05) is 6.07 Å². The molecular formula is C20H20FN5O. The van der Waals surface area contributed by atoms with Crippen LogP contribution < -0.4 is 11.4 Å². The number of nitrogens with zero attached hydrogens (tertiary/aromatic N) is 3. The predicted molar refractivity (Wildman–Crippen MR) is 105 cm³/mol. The van der Waals surface area contributed by atoms with E-state index in [0.717, 1.165) is 27.7 Å². The van der Waals surface area contributed by atoms with Gasteiger partial charge in [0.15, 0.2) is 5.82 Å². The number of H-pyrrole nitrogens is 1. The van der Waals surface area contributed by atoms with Crippen LogP contribution in [0.15, 0.2) is 47.3 Å². The fraction of sp³-hybridized carbons (Fsp3) is 0.200. The molecule has 2 aromatic carbocycles. The zero-order valence-corrected chi connectivity index (χ0v) is 15.3. The van der Waals surface area contributed by atoms with Gasteiger partial charge in [0, 0.05) is 18.7 Å². The number of aromatic amines is 1. The maximum absolute atomic E-state index is 13.3. The van der Waals surface area contributed by atoms with Crippen LogP contribution in [-0.4, -0.2) is 19.3 Å². The van der Waals surface area contributed by atoms with Gasteiger partial charge in [-0.3, -0.25) is 14.2 Å². The summed E-state index contributed by atoms with van der Waals surface area (Å²) in [5, 5.41) is 7.07. The Labute approximate surface area is 155 Å². The molecule has 4 rings (SSSR count). The largest absolute Gasteiger partial charge is 0.382 e. The van der Waals surface area contributed by atoms with Crippen LogP contribution in [0.2, 0.25) is 0 Å². The molecule has 2 aromatic heterocycles. The van der Waals surface area contributed by atoms with Crippen molar-refractivity contribution in [1.82, 2.24) is 19.3 Å². The number of imidazole rings is 1. The van der Waals surface area contributed by atoms with Crippen molar-refractivity contribution in [3.63, 3.8) is 0 Å². The number of benzene rings is 2. The summed E-state index contributed by atoms with van der Waals surface area (Å²) in [7, 11) is 1.76. The lowest BCUT2D eigenvalue weighted by Gasteiger charge is -2.08. The van der Waals surface area contributed by atoms with Gasteiger partial charge in [0.1, 0.15) is 5.82 Å². The molecule has 0 atom stereocenters. The van der Waals surface area contributed by atoms with E-state index in [1.807, 2.05) is 32.0 Å². The predicted octanol–water partition coefficient (Wildman–Crippen LogP) is 3.70. The highest BCUT2D eigenvalue weighted by Gasteiger charge is 2.18. The highest BCUT2D eigenvalue weighted by atomic mass is 19.1. The summed E-state index contributed by atoms with van der Waals surface area (Å²) >= 11 is 0. The number of anilines is 1. The second kappa shape index (κ2) is 6.12. The molecule has 0 bridgehead atoms. The van der Waals surface area contributed by atoms with Gasteiger partial charge < -0.3 is 5.73 Å². The third kappa shape index (κ3) is 2.63. The van der Waals surface area contributed by atoms with Crippen molar-refractivity contribution >= 4 is 16.9 Å². The van der Waals surface area contributed by atoms with E-state index in [-0.39, 0.29) is 17.5 Å². The standard InChI is InChI=1S/C20H20FN5O/c1-11(2)26-15-9-6-13(10-16(15)25(3)20(26)27)17-18(23-24-19(17)22)12-4-7-14(21)8-5-12/h4-11H,1-3H3,(H3,22,23,24). The Morgan fingerprint density at radius 2 is 1.74 bits per heavy atom. The molecule has 7 heteroatoms. The van der Waals surface area contributed by atoms with Crippen molar-refractivity contribution in [1.29, 1.82) is 0 Å². The Hall–Kier alpha value is -3.35. The smallest absolute Gasteiger partial charge is 0.329 e. The van der Waals surface area contributed by atoms with E-state index in [0.29, 0.717) is 11.5 Å². The number of rotatable bonds is 3. The fourth-order valence-electron chi connectivity index (χ4n) is 3.49. The molecule has 0 spiro atoms. The molecule has 0 unspecified atom stereocenters. The van der Waals surface area contributed by atoms with E-state index < -0.39 is 0 Å². The van der Waals surface area contributed by atoms with Gasteiger partial charge in [-0.15, -0.1) is 0 Å². The molecule has 0 aliphatic heterocycles. The molecule has 0 radical (unpaired) electrons. The van der Waals surface area contributed by atoms with Crippen LogP contribution in [0.1, 0.15) is 19.9 Å². The molecule has 0 fully saturated rings. The lowest BCUT2D eigenvalue weighted by atomic mass is 10.0. The third-order valence-electron chi connectivity index (χ3n) is 4.82. The third-order valence-corrected chi connectivity index (χ3v) is 4.82. The second-order valence-electron chi connectivity index (χ2n) is 6.87. The Morgan fingerprint density at radius 3 is 2.41 bits per heavy atom. The molecule has 6 nitrogen and oxygen atoms in total. The van der Waals surface area contributed by atoms with Crippen LogP contribution in [0.3, 0.4) is 0 Å². The van der Waals surface area contributed by atoms with E-state index >= 15 is 0 Å². The molecular weight excluding hydrogens is 345 g/mol. The summed E-state index contributed by atoms with van der Waals surface area (Å²) in [6.45, 7) is 3.96. The second-order valence-corrected chi connectivity index (χ2v) is 6.87. The Morgan fingerprint density at radius 1 is 1.07 bits per heavy atom. The van der Waals surface area contributed by atoms with Crippen molar-refractivity contribution in [3.05, 3.63) is 58.8 Å². The van der Waals surface area contributed by atoms with Crippen molar-refractivity contribution in [2.75, 3.05) is 5.73 Å². The average molecular weight is 365 g/mol. The number of nitrogens with one attached hydrogen (secondary N) is 1. The Bertz CT molecular complexity index is 1200. The number of aromatic nitrogens is 4. The Balaban J connectivity index is 1.94. The number of aryl methyl sites for hydroxylation is 1. The topological polar surface area (TPSA) is 81.6 Å². The highest BCUT2D eigenvalue weighted by Crippen LogP contribution is 2.36. The van der Waals surface area contributed by atoms with E-state index in [4.69, 9.17) is 5.73 Å². The SMILES string of the molecule is CC(C)n1c(=O)n(C)c2cc(-c3c(N)n[nH]c3-c3ccc(F)cc3)ccc21.